The number of rotatable bonds is 5. The van der Waals surface area contributed by atoms with Crippen LogP contribution in [0.1, 0.15) is 19.3 Å². The molecule has 0 unspecified atom stereocenters. The van der Waals surface area contributed by atoms with Gasteiger partial charge in [0.05, 0.1) is 25.8 Å². The van der Waals surface area contributed by atoms with Crippen LogP contribution in [0.2, 0.25) is 0 Å². The highest BCUT2D eigenvalue weighted by molar-refractivity contribution is 5.88. The Balaban J connectivity index is 1.45. The second kappa shape index (κ2) is 8.20. The van der Waals surface area contributed by atoms with Gasteiger partial charge < -0.3 is 15.4 Å². The van der Waals surface area contributed by atoms with Crippen molar-refractivity contribution in [2.45, 2.75) is 38.0 Å². The summed E-state index contributed by atoms with van der Waals surface area (Å²) in [6.07, 6.45) is 5.74. The number of hydrogen-bond acceptors (Lipinski definition) is 6. The fraction of sp³-hybridized carbons (Fsp3) is 0.733. The van der Waals surface area contributed by atoms with Gasteiger partial charge in [0.15, 0.2) is 0 Å². The minimum absolute atomic E-state index is 0.0190. The SMILES string of the molecule is O=C(CN1CCO[C@H](Cn2cncn2)C1)N[C@H]1CCCCNC1=O. The highest BCUT2D eigenvalue weighted by atomic mass is 16.5. The highest BCUT2D eigenvalue weighted by Crippen LogP contribution is 2.08. The summed E-state index contributed by atoms with van der Waals surface area (Å²) in [6, 6.07) is -0.410. The van der Waals surface area contributed by atoms with Crippen LogP contribution < -0.4 is 10.6 Å². The second-order valence-electron chi connectivity index (χ2n) is 6.25. The predicted octanol–water partition coefficient (Wildman–Crippen LogP) is -1.24. The number of morpholine rings is 1. The van der Waals surface area contributed by atoms with Crippen molar-refractivity contribution in [3.05, 3.63) is 12.7 Å². The van der Waals surface area contributed by atoms with Gasteiger partial charge in [0.2, 0.25) is 11.8 Å². The number of nitrogens with zero attached hydrogens (tertiary/aromatic N) is 4. The molecular weight excluding hydrogens is 312 g/mol. The molecule has 2 N–H and O–H groups in total. The Labute approximate surface area is 140 Å². The largest absolute Gasteiger partial charge is 0.374 e. The summed E-state index contributed by atoms with van der Waals surface area (Å²) in [5, 5.41) is 9.76. The van der Waals surface area contributed by atoms with Crippen LogP contribution in [0.25, 0.3) is 0 Å². The summed E-state index contributed by atoms with van der Waals surface area (Å²) < 4.78 is 7.45. The Kier molecular flexibility index (Phi) is 5.76. The first-order valence-corrected chi connectivity index (χ1v) is 8.44. The number of nitrogens with one attached hydrogen (secondary N) is 2. The lowest BCUT2D eigenvalue weighted by molar-refractivity contribution is -0.130. The monoisotopic (exact) mass is 336 g/mol. The number of hydrogen-bond donors (Lipinski definition) is 2. The lowest BCUT2D eigenvalue weighted by Crippen LogP contribution is -2.51. The number of carbonyl (C=O) groups excluding carboxylic acids is 2. The van der Waals surface area contributed by atoms with Crippen LogP contribution in [0.5, 0.6) is 0 Å². The average Bonchev–Trinajstić information content (AvgIpc) is 2.98. The van der Waals surface area contributed by atoms with E-state index >= 15 is 0 Å². The standard InChI is InChI=1S/C15H24N6O3/c22-14(19-13-3-1-2-4-17-15(13)23)9-20-5-6-24-12(7-20)8-21-11-16-10-18-21/h10-13H,1-9H2,(H,17,23)(H,19,22)/t12-,13-/m0/s1. The van der Waals surface area contributed by atoms with E-state index in [9.17, 15) is 9.59 Å². The molecule has 2 amide bonds. The van der Waals surface area contributed by atoms with E-state index in [4.69, 9.17) is 4.74 Å². The third-order valence-corrected chi connectivity index (χ3v) is 4.32. The number of amides is 2. The third-order valence-electron chi connectivity index (χ3n) is 4.32. The molecule has 2 saturated heterocycles. The Morgan fingerprint density at radius 3 is 3.21 bits per heavy atom. The van der Waals surface area contributed by atoms with E-state index in [2.05, 4.69) is 25.6 Å². The van der Waals surface area contributed by atoms with E-state index < -0.39 is 6.04 Å². The van der Waals surface area contributed by atoms with Crippen LogP contribution in [0.3, 0.4) is 0 Å². The minimum atomic E-state index is -0.410. The van der Waals surface area contributed by atoms with Crippen molar-refractivity contribution in [1.82, 2.24) is 30.3 Å². The molecule has 0 saturated carbocycles. The molecule has 2 aliphatic heterocycles. The lowest BCUT2D eigenvalue weighted by Gasteiger charge is -2.32. The van der Waals surface area contributed by atoms with Gasteiger partial charge in [0.1, 0.15) is 18.7 Å². The second-order valence-corrected chi connectivity index (χ2v) is 6.25. The molecule has 2 fully saturated rings. The molecule has 2 atom stereocenters. The molecule has 1 aromatic rings. The van der Waals surface area contributed by atoms with Gasteiger partial charge in [-0.05, 0) is 19.3 Å². The quantitative estimate of drug-likeness (QED) is 0.698. The molecule has 0 bridgehead atoms. The zero-order valence-corrected chi connectivity index (χ0v) is 13.7. The highest BCUT2D eigenvalue weighted by Gasteiger charge is 2.26. The third kappa shape index (κ3) is 4.75. The van der Waals surface area contributed by atoms with Crippen LogP contribution in [-0.2, 0) is 20.9 Å². The normalized spacial score (nSPS) is 25.8. The van der Waals surface area contributed by atoms with Crippen molar-refractivity contribution < 1.29 is 14.3 Å². The summed E-state index contributed by atoms with van der Waals surface area (Å²) in [5.74, 6) is -0.189. The first kappa shape index (κ1) is 16.8. The maximum atomic E-state index is 12.3. The van der Waals surface area contributed by atoms with Gasteiger partial charge in [-0.25, -0.2) is 4.98 Å². The van der Waals surface area contributed by atoms with Gasteiger partial charge in [-0.1, -0.05) is 0 Å². The summed E-state index contributed by atoms with van der Waals surface area (Å²) in [6.45, 7) is 3.53. The molecule has 0 spiro atoms. The van der Waals surface area contributed by atoms with Crippen molar-refractivity contribution in [2.24, 2.45) is 0 Å². The van der Waals surface area contributed by atoms with Crippen molar-refractivity contribution >= 4 is 11.8 Å². The number of aromatic nitrogens is 3. The van der Waals surface area contributed by atoms with E-state index in [0.29, 0.717) is 39.2 Å². The topological polar surface area (TPSA) is 101 Å². The van der Waals surface area contributed by atoms with Crippen LogP contribution in [-0.4, -0.2) is 76.4 Å². The van der Waals surface area contributed by atoms with E-state index in [1.165, 1.54) is 6.33 Å². The molecule has 9 heteroatoms. The Hall–Kier alpha value is -2.00. The fourth-order valence-corrected chi connectivity index (χ4v) is 3.09. The fourth-order valence-electron chi connectivity index (χ4n) is 3.09. The lowest BCUT2D eigenvalue weighted by atomic mass is 10.1. The zero-order chi connectivity index (χ0) is 16.8. The van der Waals surface area contributed by atoms with E-state index in [1.54, 1.807) is 11.0 Å². The molecule has 0 radical (unpaired) electrons. The molecule has 3 rings (SSSR count). The van der Waals surface area contributed by atoms with Crippen molar-refractivity contribution in [3.8, 4) is 0 Å². The van der Waals surface area contributed by atoms with Gasteiger partial charge in [-0.15, -0.1) is 0 Å². The van der Waals surface area contributed by atoms with E-state index in [-0.39, 0.29) is 24.5 Å². The van der Waals surface area contributed by atoms with Crippen LogP contribution >= 0.6 is 0 Å². The summed E-state index contributed by atoms with van der Waals surface area (Å²) in [5.41, 5.74) is 0. The molecule has 1 aromatic heterocycles. The first-order valence-electron chi connectivity index (χ1n) is 8.44. The molecule has 2 aliphatic rings. The molecule has 9 nitrogen and oxygen atoms in total. The van der Waals surface area contributed by atoms with Crippen molar-refractivity contribution in [2.75, 3.05) is 32.8 Å². The van der Waals surface area contributed by atoms with Crippen molar-refractivity contribution in [3.63, 3.8) is 0 Å². The number of ether oxygens (including phenoxy) is 1. The smallest absolute Gasteiger partial charge is 0.242 e. The Bertz CT molecular complexity index is 549. The van der Waals surface area contributed by atoms with Crippen LogP contribution in [0.15, 0.2) is 12.7 Å². The summed E-state index contributed by atoms with van der Waals surface area (Å²) in [4.78, 5) is 30.1. The Morgan fingerprint density at radius 1 is 1.46 bits per heavy atom. The zero-order valence-electron chi connectivity index (χ0n) is 13.7. The van der Waals surface area contributed by atoms with Crippen molar-refractivity contribution in [1.29, 1.82) is 0 Å². The molecule has 0 aromatic carbocycles. The summed E-state index contributed by atoms with van der Waals surface area (Å²) in [7, 11) is 0. The van der Waals surface area contributed by atoms with Gasteiger partial charge in [-0.2, -0.15) is 5.10 Å². The van der Waals surface area contributed by atoms with E-state index in [1.807, 2.05) is 0 Å². The van der Waals surface area contributed by atoms with Crippen LogP contribution in [0, 0.1) is 0 Å². The molecule has 3 heterocycles. The average molecular weight is 336 g/mol. The Morgan fingerprint density at radius 2 is 2.38 bits per heavy atom. The molecule has 24 heavy (non-hydrogen) atoms. The predicted molar refractivity (Wildman–Crippen MR) is 85.0 cm³/mol. The van der Waals surface area contributed by atoms with E-state index in [0.717, 1.165) is 12.8 Å². The molecule has 0 aliphatic carbocycles. The van der Waals surface area contributed by atoms with Crippen LogP contribution in [0.4, 0.5) is 0 Å². The molecular formula is C15H24N6O3. The van der Waals surface area contributed by atoms with Gasteiger partial charge >= 0.3 is 0 Å². The van der Waals surface area contributed by atoms with Gasteiger partial charge in [0.25, 0.3) is 0 Å². The van der Waals surface area contributed by atoms with Gasteiger partial charge in [-0.3, -0.25) is 19.2 Å². The van der Waals surface area contributed by atoms with Gasteiger partial charge in [0, 0.05) is 19.6 Å². The molecule has 132 valence electrons. The first-order chi connectivity index (χ1) is 11.7. The maximum absolute atomic E-state index is 12.3. The summed E-state index contributed by atoms with van der Waals surface area (Å²) >= 11 is 0. The number of carbonyl (C=O) groups is 2. The minimum Gasteiger partial charge on any atom is -0.374 e. The maximum Gasteiger partial charge on any atom is 0.242 e.